The molecule has 0 aliphatic rings. The van der Waals surface area contributed by atoms with E-state index >= 15 is 0 Å². The molecule has 2 aromatic carbocycles. The van der Waals surface area contributed by atoms with E-state index in [2.05, 4.69) is 0 Å². The third kappa shape index (κ3) is 4.00. The summed E-state index contributed by atoms with van der Waals surface area (Å²) in [6, 6.07) is 14.1. The zero-order chi connectivity index (χ0) is 16.1. The first-order chi connectivity index (χ1) is 10.5. The maximum absolute atomic E-state index is 12.3. The molecule has 2 rings (SSSR count). The molecular formula is C17H18ClNO3. The van der Waals surface area contributed by atoms with Gasteiger partial charge in [-0.15, -0.1) is 0 Å². The Hall–Kier alpha value is -2.04. The van der Waals surface area contributed by atoms with Gasteiger partial charge in [0.15, 0.2) is 6.10 Å². The molecule has 0 aliphatic heterocycles. The number of rotatable bonds is 5. The van der Waals surface area contributed by atoms with Crippen LogP contribution in [0.25, 0.3) is 0 Å². The van der Waals surface area contributed by atoms with E-state index in [9.17, 15) is 9.90 Å². The molecule has 1 unspecified atom stereocenters. The fourth-order valence-corrected chi connectivity index (χ4v) is 2.23. The Morgan fingerprint density at radius 3 is 2.59 bits per heavy atom. The molecule has 22 heavy (non-hydrogen) atoms. The van der Waals surface area contributed by atoms with Crippen LogP contribution in [-0.2, 0) is 11.3 Å². The highest BCUT2D eigenvalue weighted by Gasteiger charge is 2.21. The Labute approximate surface area is 134 Å². The molecule has 5 heteroatoms. The smallest absolute Gasteiger partial charge is 0.256 e. The lowest BCUT2D eigenvalue weighted by molar-refractivity contribution is -0.139. The minimum atomic E-state index is -1.22. The topological polar surface area (TPSA) is 49.8 Å². The Balaban J connectivity index is 2.07. The van der Waals surface area contributed by atoms with Crippen LogP contribution >= 0.6 is 11.6 Å². The van der Waals surface area contributed by atoms with Crippen molar-refractivity contribution in [1.29, 1.82) is 0 Å². The summed E-state index contributed by atoms with van der Waals surface area (Å²) in [5.74, 6) is 0.230. The van der Waals surface area contributed by atoms with Crippen LogP contribution in [0.5, 0.6) is 5.75 Å². The Bertz CT molecular complexity index is 643. The van der Waals surface area contributed by atoms with E-state index in [4.69, 9.17) is 16.3 Å². The van der Waals surface area contributed by atoms with Crippen LogP contribution in [0.4, 0.5) is 0 Å². The number of methoxy groups -OCH3 is 1. The predicted molar refractivity (Wildman–Crippen MR) is 85.9 cm³/mol. The van der Waals surface area contributed by atoms with E-state index in [1.165, 1.54) is 4.90 Å². The monoisotopic (exact) mass is 319 g/mol. The molecule has 1 amide bonds. The molecule has 0 aromatic heterocycles. The molecule has 0 heterocycles. The highest BCUT2D eigenvalue weighted by molar-refractivity contribution is 6.30. The van der Waals surface area contributed by atoms with Crippen LogP contribution in [-0.4, -0.2) is 30.1 Å². The van der Waals surface area contributed by atoms with Gasteiger partial charge >= 0.3 is 0 Å². The third-order valence-electron chi connectivity index (χ3n) is 3.35. The summed E-state index contributed by atoms with van der Waals surface area (Å²) in [4.78, 5) is 13.8. The van der Waals surface area contributed by atoms with Crippen LogP contribution in [0, 0.1) is 0 Å². The van der Waals surface area contributed by atoms with E-state index < -0.39 is 6.10 Å². The van der Waals surface area contributed by atoms with Gasteiger partial charge in [0.1, 0.15) is 5.75 Å². The third-order valence-corrected chi connectivity index (χ3v) is 3.60. The largest absolute Gasteiger partial charge is 0.497 e. The second kappa shape index (κ2) is 7.29. The maximum Gasteiger partial charge on any atom is 0.256 e. The van der Waals surface area contributed by atoms with E-state index in [0.29, 0.717) is 22.9 Å². The Morgan fingerprint density at radius 2 is 1.95 bits per heavy atom. The summed E-state index contributed by atoms with van der Waals surface area (Å²) in [5, 5.41) is 10.9. The van der Waals surface area contributed by atoms with Crippen LogP contribution < -0.4 is 4.74 Å². The van der Waals surface area contributed by atoms with Crippen molar-refractivity contribution >= 4 is 17.5 Å². The number of benzene rings is 2. The van der Waals surface area contributed by atoms with Gasteiger partial charge in [-0.05, 0) is 35.4 Å². The highest BCUT2D eigenvalue weighted by atomic mass is 35.5. The molecule has 116 valence electrons. The molecule has 2 aromatic rings. The molecule has 0 saturated heterocycles. The fourth-order valence-electron chi connectivity index (χ4n) is 2.10. The molecular weight excluding hydrogens is 302 g/mol. The summed E-state index contributed by atoms with van der Waals surface area (Å²) in [6.07, 6.45) is -1.22. The Kier molecular flexibility index (Phi) is 5.41. The molecule has 0 spiro atoms. The first-order valence-corrected chi connectivity index (χ1v) is 7.20. The second-order valence-electron chi connectivity index (χ2n) is 5.00. The standard InChI is InChI=1S/C17H18ClNO3/c1-19(11-12-6-8-14(18)9-7-12)17(21)16(20)13-4-3-5-15(10-13)22-2/h3-10,16,20H,11H2,1-2H3. The maximum atomic E-state index is 12.3. The molecule has 0 saturated carbocycles. The zero-order valence-electron chi connectivity index (χ0n) is 12.5. The van der Waals surface area contributed by atoms with Crippen molar-refractivity contribution < 1.29 is 14.6 Å². The average molecular weight is 320 g/mol. The van der Waals surface area contributed by atoms with E-state index in [1.807, 2.05) is 12.1 Å². The van der Waals surface area contributed by atoms with Crippen molar-refractivity contribution in [1.82, 2.24) is 4.90 Å². The minimum Gasteiger partial charge on any atom is -0.497 e. The van der Waals surface area contributed by atoms with Gasteiger partial charge in [0.2, 0.25) is 0 Å². The van der Waals surface area contributed by atoms with Gasteiger partial charge in [0.05, 0.1) is 7.11 Å². The zero-order valence-corrected chi connectivity index (χ0v) is 13.2. The number of likely N-dealkylation sites (N-methyl/N-ethyl adjacent to an activating group) is 1. The number of carbonyl (C=O) groups excluding carboxylic acids is 1. The van der Waals surface area contributed by atoms with Crippen molar-refractivity contribution in [3.8, 4) is 5.75 Å². The molecule has 0 bridgehead atoms. The number of hydrogen-bond donors (Lipinski definition) is 1. The number of aliphatic hydroxyl groups is 1. The number of halogens is 1. The van der Waals surface area contributed by atoms with Crippen LogP contribution in [0.15, 0.2) is 48.5 Å². The first kappa shape index (κ1) is 16.3. The SMILES string of the molecule is COc1cccc(C(O)C(=O)N(C)Cc2ccc(Cl)cc2)c1. The fraction of sp³-hybridized carbons (Fsp3) is 0.235. The normalized spacial score (nSPS) is 11.8. The van der Waals surface area contributed by atoms with E-state index in [-0.39, 0.29) is 5.91 Å². The highest BCUT2D eigenvalue weighted by Crippen LogP contribution is 2.21. The van der Waals surface area contributed by atoms with Gasteiger partial charge in [-0.25, -0.2) is 0 Å². The van der Waals surface area contributed by atoms with Crippen molar-refractivity contribution in [2.45, 2.75) is 12.6 Å². The molecule has 1 atom stereocenters. The van der Waals surface area contributed by atoms with Gasteiger partial charge in [0, 0.05) is 18.6 Å². The van der Waals surface area contributed by atoms with E-state index in [1.54, 1.807) is 50.6 Å². The van der Waals surface area contributed by atoms with Crippen LogP contribution in [0.3, 0.4) is 0 Å². The Morgan fingerprint density at radius 1 is 1.27 bits per heavy atom. The molecule has 1 N–H and O–H groups in total. The summed E-state index contributed by atoms with van der Waals surface area (Å²) < 4.78 is 5.10. The number of nitrogens with zero attached hydrogens (tertiary/aromatic N) is 1. The summed E-state index contributed by atoms with van der Waals surface area (Å²) in [5.41, 5.74) is 1.45. The minimum absolute atomic E-state index is 0.372. The predicted octanol–water partition coefficient (Wildman–Crippen LogP) is 3.04. The van der Waals surface area contributed by atoms with Gasteiger partial charge < -0.3 is 14.7 Å². The molecule has 0 fully saturated rings. The summed E-state index contributed by atoms with van der Waals surface area (Å²) in [6.45, 7) is 0.400. The molecule has 4 nitrogen and oxygen atoms in total. The number of ether oxygens (including phenoxy) is 1. The van der Waals surface area contributed by atoms with Crippen molar-refractivity contribution in [3.05, 3.63) is 64.7 Å². The summed E-state index contributed by atoms with van der Waals surface area (Å²) >= 11 is 5.84. The van der Waals surface area contributed by atoms with Crippen molar-refractivity contribution in [2.24, 2.45) is 0 Å². The number of carbonyl (C=O) groups is 1. The van der Waals surface area contributed by atoms with Crippen molar-refractivity contribution in [3.63, 3.8) is 0 Å². The van der Waals surface area contributed by atoms with Gasteiger partial charge in [0.25, 0.3) is 5.91 Å². The lowest BCUT2D eigenvalue weighted by atomic mass is 10.1. The van der Waals surface area contributed by atoms with Crippen LogP contribution in [0.2, 0.25) is 5.02 Å². The van der Waals surface area contributed by atoms with Gasteiger partial charge in [-0.2, -0.15) is 0 Å². The lowest BCUT2D eigenvalue weighted by Gasteiger charge is -2.21. The molecule has 0 aliphatic carbocycles. The van der Waals surface area contributed by atoms with Gasteiger partial charge in [-0.1, -0.05) is 35.9 Å². The number of hydrogen-bond acceptors (Lipinski definition) is 3. The van der Waals surface area contributed by atoms with Crippen molar-refractivity contribution in [2.75, 3.05) is 14.2 Å². The van der Waals surface area contributed by atoms with Crippen LogP contribution in [0.1, 0.15) is 17.2 Å². The second-order valence-corrected chi connectivity index (χ2v) is 5.44. The summed E-state index contributed by atoms with van der Waals surface area (Å²) in [7, 11) is 3.19. The van der Waals surface area contributed by atoms with Gasteiger partial charge in [-0.3, -0.25) is 4.79 Å². The molecule has 0 radical (unpaired) electrons. The number of aliphatic hydroxyl groups excluding tert-OH is 1. The first-order valence-electron chi connectivity index (χ1n) is 6.82. The van der Waals surface area contributed by atoms with E-state index in [0.717, 1.165) is 5.56 Å². The number of amides is 1. The quantitative estimate of drug-likeness (QED) is 0.921. The average Bonchev–Trinajstić information content (AvgIpc) is 2.55. The lowest BCUT2D eigenvalue weighted by Crippen LogP contribution is -2.31.